The number of H-pyrrole nitrogens is 1. The molecular weight excluding hydrogens is 226 g/mol. The van der Waals surface area contributed by atoms with Gasteiger partial charge < -0.3 is 10.7 Å². The Kier molecular flexibility index (Phi) is 2.34. The Hall–Kier alpha value is -2.62. The van der Waals surface area contributed by atoms with Crippen LogP contribution in [0.15, 0.2) is 53.3 Å². The number of nitrogen functional groups attached to an aromatic ring is 1. The zero-order valence-electron chi connectivity index (χ0n) is 9.55. The first-order valence-corrected chi connectivity index (χ1v) is 5.59. The summed E-state index contributed by atoms with van der Waals surface area (Å²) in [4.78, 5) is 18.3. The van der Waals surface area contributed by atoms with Crippen molar-refractivity contribution in [2.45, 2.75) is 0 Å². The summed E-state index contributed by atoms with van der Waals surface area (Å²) in [6, 6.07) is 15.1. The zero-order chi connectivity index (χ0) is 12.5. The van der Waals surface area contributed by atoms with Crippen molar-refractivity contribution in [2.24, 2.45) is 0 Å². The van der Waals surface area contributed by atoms with Gasteiger partial charge in [-0.2, -0.15) is 0 Å². The maximum absolute atomic E-state index is 11.4. The molecule has 4 nitrogen and oxygen atoms in total. The lowest BCUT2D eigenvalue weighted by Crippen LogP contribution is -2.09. The highest BCUT2D eigenvalue weighted by Gasteiger charge is 2.06. The van der Waals surface area contributed by atoms with Gasteiger partial charge in [-0.3, -0.25) is 4.79 Å². The minimum Gasteiger partial charge on any atom is -0.383 e. The summed E-state index contributed by atoms with van der Waals surface area (Å²) in [6.07, 6.45) is 0. The second-order valence-corrected chi connectivity index (χ2v) is 4.05. The highest BCUT2D eigenvalue weighted by atomic mass is 16.1. The summed E-state index contributed by atoms with van der Waals surface area (Å²) in [5.41, 5.74) is 6.24. The molecule has 0 fully saturated rings. The lowest BCUT2D eigenvalue weighted by Gasteiger charge is -2.06. The molecule has 3 N–H and O–H groups in total. The average Bonchev–Trinajstić information content (AvgIpc) is 2.37. The third-order valence-electron chi connectivity index (χ3n) is 2.81. The molecule has 0 bridgehead atoms. The van der Waals surface area contributed by atoms with E-state index in [0.29, 0.717) is 5.82 Å². The van der Waals surface area contributed by atoms with Crippen molar-refractivity contribution in [3.63, 3.8) is 0 Å². The maximum atomic E-state index is 11.4. The number of aromatic amines is 1. The minimum atomic E-state index is -0.245. The van der Waals surface area contributed by atoms with Gasteiger partial charge in [0, 0.05) is 11.6 Å². The van der Waals surface area contributed by atoms with Gasteiger partial charge in [0.15, 0.2) is 0 Å². The van der Waals surface area contributed by atoms with E-state index in [-0.39, 0.29) is 11.4 Å². The number of anilines is 1. The zero-order valence-corrected chi connectivity index (χ0v) is 9.55. The first-order chi connectivity index (χ1) is 8.74. The van der Waals surface area contributed by atoms with Gasteiger partial charge in [-0.1, -0.05) is 42.5 Å². The Morgan fingerprint density at radius 3 is 2.67 bits per heavy atom. The number of nitrogens with two attached hydrogens (primary N) is 1. The molecule has 0 saturated heterocycles. The molecule has 0 atom stereocenters. The van der Waals surface area contributed by atoms with Gasteiger partial charge in [0.25, 0.3) is 5.56 Å². The van der Waals surface area contributed by atoms with Crippen LogP contribution in [-0.2, 0) is 0 Å². The Balaban J connectivity index is 2.34. The maximum Gasteiger partial charge on any atom is 0.253 e. The van der Waals surface area contributed by atoms with E-state index in [1.165, 1.54) is 6.07 Å². The molecule has 0 radical (unpaired) electrons. The summed E-state index contributed by atoms with van der Waals surface area (Å²) in [5.74, 6) is 0.721. The Morgan fingerprint density at radius 1 is 1.06 bits per heavy atom. The van der Waals surface area contributed by atoms with E-state index >= 15 is 0 Å². The van der Waals surface area contributed by atoms with Crippen LogP contribution in [0.5, 0.6) is 0 Å². The molecule has 18 heavy (non-hydrogen) atoms. The third kappa shape index (κ3) is 1.73. The quantitative estimate of drug-likeness (QED) is 0.681. The molecule has 88 valence electrons. The van der Waals surface area contributed by atoms with Crippen molar-refractivity contribution in [3.05, 3.63) is 58.9 Å². The van der Waals surface area contributed by atoms with Crippen molar-refractivity contribution in [2.75, 3.05) is 5.73 Å². The smallest absolute Gasteiger partial charge is 0.253 e. The van der Waals surface area contributed by atoms with Crippen molar-refractivity contribution < 1.29 is 0 Å². The number of hydrogen-bond acceptors (Lipinski definition) is 3. The average molecular weight is 237 g/mol. The van der Waals surface area contributed by atoms with Crippen LogP contribution in [0.1, 0.15) is 0 Å². The van der Waals surface area contributed by atoms with Crippen molar-refractivity contribution in [3.8, 4) is 11.4 Å². The van der Waals surface area contributed by atoms with Gasteiger partial charge >= 0.3 is 0 Å². The molecule has 3 aromatic rings. The highest BCUT2D eigenvalue weighted by molar-refractivity contribution is 5.95. The standard InChI is InChI=1S/C14H11N3O/c15-12-8-13(18)17-14(16-12)11-7-3-5-9-4-1-2-6-10(9)11/h1-8H,(H3,15,16,17,18). The number of benzene rings is 2. The number of rotatable bonds is 1. The van der Waals surface area contributed by atoms with Crippen LogP contribution >= 0.6 is 0 Å². The molecule has 3 rings (SSSR count). The lowest BCUT2D eigenvalue weighted by molar-refractivity contribution is 1.14. The first kappa shape index (κ1) is 10.5. The van der Waals surface area contributed by atoms with E-state index < -0.39 is 0 Å². The van der Waals surface area contributed by atoms with Crippen molar-refractivity contribution in [1.82, 2.24) is 9.97 Å². The monoisotopic (exact) mass is 237 g/mol. The molecule has 0 saturated carbocycles. The topological polar surface area (TPSA) is 71.8 Å². The van der Waals surface area contributed by atoms with E-state index in [1.807, 2.05) is 42.5 Å². The molecule has 2 aromatic carbocycles. The number of fused-ring (bicyclic) bond motifs is 1. The summed E-state index contributed by atoms with van der Waals surface area (Å²) in [7, 11) is 0. The van der Waals surface area contributed by atoms with Crippen LogP contribution in [0.25, 0.3) is 22.2 Å². The predicted octanol–water partition coefficient (Wildman–Crippen LogP) is 2.17. The van der Waals surface area contributed by atoms with Gasteiger partial charge in [-0.15, -0.1) is 0 Å². The molecule has 1 aromatic heterocycles. The molecule has 0 aliphatic rings. The lowest BCUT2D eigenvalue weighted by atomic mass is 10.0. The third-order valence-corrected chi connectivity index (χ3v) is 2.81. The van der Waals surface area contributed by atoms with Crippen LogP contribution < -0.4 is 11.3 Å². The molecule has 0 spiro atoms. The summed E-state index contributed by atoms with van der Waals surface area (Å²) in [5, 5.41) is 2.13. The Bertz CT molecular complexity index is 772. The Labute approximate surface area is 103 Å². The molecule has 4 heteroatoms. The fourth-order valence-corrected chi connectivity index (χ4v) is 2.04. The molecule has 0 aliphatic heterocycles. The molecule has 1 heterocycles. The van der Waals surface area contributed by atoms with Crippen molar-refractivity contribution in [1.29, 1.82) is 0 Å². The summed E-state index contributed by atoms with van der Waals surface area (Å²) in [6.45, 7) is 0. The van der Waals surface area contributed by atoms with Crippen molar-refractivity contribution >= 4 is 16.6 Å². The van der Waals surface area contributed by atoms with Crippen LogP contribution in [0.4, 0.5) is 5.82 Å². The number of hydrogen-bond donors (Lipinski definition) is 2. The largest absolute Gasteiger partial charge is 0.383 e. The van der Waals surface area contributed by atoms with Crippen LogP contribution in [0.3, 0.4) is 0 Å². The molecule has 0 aliphatic carbocycles. The van der Waals surface area contributed by atoms with E-state index in [9.17, 15) is 4.79 Å². The van der Waals surface area contributed by atoms with Crippen LogP contribution in [0, 0.1) is 0 Å². The molecular formula is C14H11N3O. The van der Waals surface area contributed by atoms with E-state index in [2.05, 4.69) is 9.97 Å². The summed E-state index contributed by atoms with van der Waals surface area (Å²) >= 11 is 0. The fourth-order valence-electron chi connectivity index (χ4n) is 2.04. The van der Waals surface area contributed by atoms with Crippen LogP contribution in [0.2, 0.25) is 0 Å². The van der Waals surface area contributed by atoms with Gasteiger partial charge in [0.05, 0.1) is 0 Å². The highest BCUT2D eigenvalue weighted by Crippen LogP contribution is 2.25. The van der Waals surface area contributed by atoms with Gasteiger partial charge in [0.2, 0.25) is 0 Å². The SMILES string of the molecule is Nc1cc(=O)[nH]c(-c2cccc3ccccc23)n1. The van der Waals surface area contributed by atoms with Crippen LogP contribution in [-0.4, -0.2) is 9.97 Å². The normalized spacial score (nSPS) is 10.7. The van der Waals surface area contributed by atoms with Gasteiger partial charge in [-0.25, -0.2) is 4.98 Å². The minimum absolute atomic E-state index is 0.224. The number of aromatic nitrogens is 2. The Morgan fingerprint density at radius 2 is 1.83 bits per heavy atom. The summed E-state index contributed by atoms with van der Waals surface area (Å²) < 4.78 is 0. The van der Waals surface area contributed by atoms with E-state index in [4.69, 9.17) is 5.73 Å². The van der Waals surface area contributed by atoms with Gasteiger partial charge in [0.1, 0.15) is 11.6 Å². The molecule has 0 amide bonds. The van der Waals surface area contributed by atoms with E-state index in [0.717, 1.165) is 16.3 Å². The van der Waals surface area contributed by atoms with Gasteiger partial charge in [-0.05, 0) is 10.8 Å². The predicted molar refractivity (Wildman–Crippen MR) is 72.2 cm³/mol. The first-order valence-electron chi connectivity index (χ1n) is 5.59. The second kappa shape index (κ2) is 4.00. The number of nitrogens with zero attached hydrogens (tertiary/aromatic N) is 1. The van der Waals surface area contributed by atoms with E-state index in [1.54, 1.807) is 0 Å². The fraction of sp³-hybridized carbons (Fsp3) is 0. The number of nitrogens with one attached hydrogen (secondary N) is 1. The molecule has 0 unspecified atom stereocenters. The second-order valence-electron chi connectivity index (χ2n) is 4.05.